The number of nitro benzene ring substituents is 1. The summed E-state index contributed by atoms with van der Waals surface area (Å²) in [6.07, 6.45) is 3.54. The topological polar surface area (TPSA) is 75.4 Å². The van der Waals surface area contributed by atoms with Gasteiger partial charge >= 0.3 is 0 Å². The number of hydrogen-bond acceptors (Lipinski definition) is 7. The predicted molar refractivity (Wildman–Crippen MR) is 103 cm³/mol. The van der Waals surface area contributed by atoms with E-state index in [1.54, 1.807) is 35.7 Å². The normalized spacial score (nSPS) is 16.7. The Bertz CT molecular complexity index is 922. The first-order chi connectivity index (χ1) is 12.6. The number of rotatable bonds is 4. The van der Waals surface area contributed by atoms with E-state index in [1.807, 2.05) is 17.6 Å². The third-order valence-electron chi connectivity index (χ3n) is 4.93. The van der Waals surface area contributed by atoms with Crippen molar-refractivity contribution >= 4 is 33.6 Å². The number of hydrogen-bond donors (Lipinski definition) is 0. The quantitative estimate of drug-likeness (QED) is 0.518. The zero-order valence-electron chi connectivity index (χ0n) is 14.4. The Balaban J connectivity index is 1.57. The molecule has 0 bridgehead atoms. The van der Waals surface area contributed by atoms with Crippen molar-refractivity contribution in [3.05, 3.63) is 57.2 Å². The molecule has 1 aliphatic rings. The van der Waals surface area contributed by atoms with Gasteiger partial charge in [-0.25, -0.2) is 4.98 Å². The smallest absolute Gasteiger partial charge is 0.278 e. The molecular weight excluding hydrogens is 350 g/mol. The molecule has 0 spiro atoms. The highest BCUT2D eigenvalue weighted by Crippen LogP contribution is 2.33. The molecule has 1 atom stereocenters. The standard InChI is InChI=1S/C18H19N5O2S/c1-13(18-20-7-12-26-18)21-8-10-22(11-9-21)16-5-4-15(23(24)25)14-3-2-6-19-17(14)16/h2-7,12-13H,8-11H2,1H3. The molecule has 2 aromatic heterocycles. The van der Waals surface area contributed by atoms with E-state index in [0.717, 1.165) is 36.9 Å². The second-order valence-corrected chi connectivity index (χ2v) is 7.26. The molecule has 0 saturated carbocycles. The number of piperazine rings is 1. The highest BCUT2D eigenvalue weighted by atomic mass is 32.1. The molecule has 0 radical (unpaired) electrons. The monoisotopic (exact) mass is 369 g/mol. The molecule has 1 fully saturated rings. The molecule has 0 N–H and O–H groups in total. The van der Waals surface area contributed by atoms with Gasteiger partial charge in [0, 0.05) is 50.0 Å². The summed E-state index contributed by atoms with van der Waals surface area (Å²) < 4.78 is 0. The largest absolute Gasteiger partial charge is 0.367 e. The van der Waals surface area contributed by atoms with E-state index < -0.39 is 0 Å². The van der Waals surface area contributed by atoms with Crippen LogP contribution in [0.25, 0.3) is 10.9 Å². The average Bonchev–Trinajstić information content (AvgIpc) is 3.21. The van der Waals surface area contributed by atoms with Gasteiger partial charge in [0.2, 0.25) is 0 Å². The molecular formula is C18H19N5O2S. The van der Waals surface area contributed by atoms with Gasteiger partial charge in [-0.05, 0) is 25.1 Å². The molecule has 3 aromatic rings. The maximum Gasteiger partial charge on any atom is 0.278 e. The first-order valence-corrected chi connectivity index (χ1v) is 9.43. The number of anilines is 1. The summed E-state index contributed by atoms with van der Waals surface area (Å²) in [6.45, 7) is 5.76. The number of pyridine rings is 1. The Kier molecular flexibility index (Phi) is 4.52. The Hall–Kier alpha value is -2.58. The molecule has 0 aliphatic carbocycles. The van der Waals surface area contributed by atoms with Crippen LogP contribution in [0.3, 0.4) is 0 Å². The fourth-order valence-corrected chi connectivity index (χ4v) is 4.23. The number of thiazole rings is 1. The van der Waals surface area contributed by atoms with Crippen molar-refractivity contribution in [2.24, 2.45) is 0 Å². The Morgan fingerprint density at radius 1 is 1.15 bits per heavy atom. The summed E-state index contributed by atoms with van der Waals surface area (Å²) >= 11 is 1.69. The summed E-state index contributed by atoms with van der Waals surface area (Å²) in [5, 5.41) is 15.0. The lowest BCUT2D eigenvalue weighted by atomic mass is 10.1. The van der Waals surface area contributed by atoms with Gasteiger partial charge in [-0.1, -0.05) is 0 Å². The van der Waals surface area contributed by atoms with Gasteiger partial charge in [-0.3, -0.25) is 20.0 Å². The van der Waals surface area contributed by atoms with E-state index in [2.05, 4.69) is 26.7 Å². The number of aromatic nitrogens is 2. The van der Waals surface area contributed by atoms with Crippen molar-refractivity contribution in [3.8, 4) is 0 Å². The third-order valence-corrected chi connectivity index (χ3v) is 5.88. The van der Waals surface area contributed by atoms with Crippen molar-refractivity contribution in [1.29, 1.82) is 0 Å². The van der Waals surface area contributed by atoms with Crippen LogP contribution in [0.15, 0.2) is 42.0 Å². The zero-order valence-corrected chi connectivity index (χ0v) is 15.2. The van der Waals surface area contributed by atoms with Crippen LogP contribution >= 0.6 is 11.3 Å². The van der Waals surface area contributed by atoms with Crippen molar-refractivity contribution in [2.45, 2.75) is 13.0 Å². The average molecular weight is 369 g/mol. The SMILES string of the molecule is CC(c1nccs1)N1CCN(c2ccc([N+](=O)[O-])c3cccnc23)CC1. The first kappa shape index (κ1) is 16.9. The highest BCUT2D eigenvalue weighted by Gasteiger charge is 2.25. The minimum Gasteiger partial charge on any atom is -0.367 e. The second-order valence-electron chi connectivity index (χ2n) is 6.33. The second kappa shape index (κ2) is 6.97. The minimum absolute atomic E-state index is 0.105. The van der Waals surface area contributed by atoms with Crippen LogP contribution in [0, 0.1) is 10.1 Å². The predicted octanol–water partition coefficient (Wildman–Crippen LogP) is 3.48. The highest BCUT2D eigenvalue weighted by molar-refractivity contribution is 7.09. The molecule has 1 unspecified atom stereocenters. The molecule has 26 heavy (non-hydrogen) atoms. The van der Waals surface area contributed by atoms with E-state index in [4.69, 9.17) is 0 Å². The lowest BCUT2D eigenvalue weighted by Crippen LogP contribution is -2.47. The summed E-state index contributed by atoms with van der Waals surface area (Å²) in [5.41, 5.74) is 1.77. The maximum absolute atomic E-state index is 11.3. The third kappa shape index (κ3) is 3.02. The molecule has 1 aromatic carbocycles. The molecule has 8 heteroatoms. The van der Waals surface area contributed by atoms with Crippen LogP contribution in [0.5, 0.6) is 0 Å². The van der Waals surface area contributed by atoms with E-state index in [0.29, 0.717) is 16.9 Å². The lowest BCUT2D eigenvalue weighted by molar-refractivity contribution is -0.383. The number of nitrogens with zero attached hydrogens (tertiary/aromatic N) is 5. The van der Waals surface area contributed by atoms with Crippen molar-refractivity contribution < 1.29 is 4.92 Å². The Morgan fingerprint density at radius 3 is 2.65 bits per heavy atom. The van der Waals surface area contributed by atoms with Gasteiger partial charge < -0.3 is 4.90 Å². The summed E-state index contributed by atoms with van der Waals surface area (Å²) in [6, 6.07) is 7.23. The van der Waals surface area contributed by atoms with Gasteiger partial charge in [0.15, 0.2) is 0 Å². The lowest BCUT2D eigenvalue weighted by Gasteiger charge is -2.38. The zero-order chi connectivity index (χ0) is 18.1. The van der Waals surface area contributed by atoms with Crippen LogP contribution < -0.4 is 4.90 Å². The van der Waals surface area contributed by atoms with Crippen LogP contribution in [-0.4, -0.2) is 46.0 Å². The molecule has 1 aliphatic heterocycles. The van der Waals surface area contributed by atoms with Crippen LogP contribution in [0.2, 0.25) is 0 Å². The van der Waals surface area contributed by atoms with Crippen LogP contribution in [-0.2, 0) is 0 Å². The summed E-state index contributed by atoms with van der Waals surface area (Å²) in [5.74, 6) is 0. The molecule has 134 valence electrons. The van der Waals surface area contributed by atoms with Gasteiger partial charge in [0.05, 0.1) is 22.0 Å². The van der Waals surface area contributed by atoms with Crippen molar-refractivity contribution in [1.82, 2.24) is 14.9 Å². The number of benzene rings is 1. The van der Waals surface area contributed by atoms with Crippen molar-refractivity contribution in [3.63, 3.8) is 0 Å². The fourth-order valence-electron chi connectivity index (χ4n) is 3.50. The van der Waals surface area contributed by atoms with Crippen LogP contribution in [0.4, 0.5) is 11.4 Å². The number of nitro groups is 1. The van der Waals surface area contributed by atoms with E-state index >= 15 is 0 Å². The van der Waals surface area contributed by atoms with Gasteiger partial charge in [0.1, 0.15) is 10.5 Å². The Morgan fingerprint density at radius 2 is 1.96 bits per heavy atom. The number of non-ortho nitro benzene ring substituents is 1. The van der Waals surface area contributed by atoms with Crippen molar-refractivity contribution in [2.75, 3.05) is 31.1 Å². The Labute approximate surface area is 155 Å². The minimum atomic E-state index is -0.346. The fraction of sp³-hybridized carbons (Fsp3) is 0.333. The number of fused-ring (bicyclic) bond motifs is 1. The maximum atomic E-state index is 11.3. The first-order valence-electron chi connectivity index (χ1n) is 8.55. The molecule has 1 saturated heterocycles. The molecule has 3 heterocycles. The van der Waals surface area contributed by atoms with Gasteiger partial charge in [0.25, 0.3) is 5.69 Å². The van der Waals surface area contributed by atoms with Gasteiger partial charge in [-0.2, -0.15) is 0 Å². The molecule has 0 amide bonds. The summed E-state index contributed by atoms with van der Waals surface area (Å²) in [7, 11) is 0. The van der Waals surface area contributed by atoms with E-state index in [1.165, 1.54) is 0 Å². The molecule has 4 rings (SSSR count). The van der Waals surface area contributed by atoms with Gasteiger partial charge in [-0.15, -0.1) is 11.3 Å². The molecule has 7 nitrogen and oxygen atoms in total. The van der Waals surface area contributed by atoms with Crippen LogP contribution in [0.1, 0.15) is 18.0 Å². The van der Waals surface area contributed by atoms with E-state index in [-0.39, 0.29) is 10.6 Å². The summed E-state index contributed by atoms with van der Waals surface area (Å²) in [4.78, 5) is 24.5. The van der Waals surface area contributed by atoms with E-state index in [9.17, 15) is 10.1 Å².